The third-order valence-electron chi connectivity index (χ3n) is 5.57. The van der Waals surface area contributed by atoms with E-state index in [-0.39, 0.29) is 30.9 Å². The van der Waals surface area contributed by atoms with Crippen LogP contribution in [0.5, 0.6) is 17.5 Å². The maximum atomic E-state index is 14.3. The standard InChI is InChI=1S/C27H25FN4O5S.2H2/c1-15-11-16(2)24(17(3)12-15)37-26-20(25(33)32-38(34,35)23-8-6-7-18(4)30-23)9-10-22(31-26)19-13-21(28)27(36-5)29-14-19;;/h6-14H,1-5H3,(H,32,33);2*1H. The van der Waals surface area contributed by atoms with Crippen LogP contribution in [0.1, 0.15) is 35.6 Å². The van der Waals surface area contributed by atoms with E-state index < -0.39 is 21.7 Å². The quantitative estimate of drug-likeness (QED) is 0.334. The zero-order chi connectivity index (χ0) is 27.6. The number of benzene rings is 1. The molecule has 4 aromatic rings. The fourth-order valence-corrected chi connectivity index (χ4v) is 4.87. The Balaban J connectivity index is 0.00000280. The highest BCUT2D eigenvalue weighted by molar-refractivity contribution is 7.90. The van der Waals surface area contributed by atoms with Gasteiger partial charge in [0.2, 0.25) is 11.8 Å². The molecule has 0 saturated carbocycles. The van der Waals surface area contributed by atoms with Crippen molar-refractivity contribution in [3.05, 3.63) is 88.5 Å². The van der Waals surface area contributed by atoms with Crippen molar-refractivity contribution in [2.24, 2.45) is 0 Å². The molecular formula is C27H29FN4O5S. The van der Waals surface area contributed by atoms with Gasteiger partial charge in [0.1, 0.15) is 11.3 Å². The smallest absolute Gasteiger partial charge is 0.281 e. The molecule has 1 aromatic carbocycles. The molecule has 0 aliphatic rings. The van der Waals surface area contributed by atoms with Gasteiger partial charge < -0.3 is 9.47 Å². The molecule has 0 fully saturated rings. The highest BCUT2D eigenvalue weighted by atomic mass is 32.2. The van der Waals surface area contributed by atoms with Crippen molar-refractivity contribution in [2.45, 2.75) is 32.7 Å². The molecule has 0 radical (unpaired) electrons. The number of nitrogens with zero attached hydrogens (tertiary/aromatic N) is 3. The number of rotatable bonds is 7. The molecule has 1 N–H and O–H groups in total. The summed E-state index contributed by atoms with van der Waals surface area (Å²) in [6, 6.07) is 12.2. The van der Waals surface area contributed by atoms with Crippen LogP contribution < -0.4 is 14.2 Å². The van der Waals surface area contributed by atoms with E-state index in [1.54, 1.807) is 13.0 Å². The molecular weight excluding hydrogens is 511 g/mol. The lowest BCUT2D eigenvalue weighted by molar-refractivity contribution is 0.0978. The number of aromatic nitrogens is 3. The summed E-state index contributed by atoms with van der Waals surface area (Å²) in [6.45, 7) is 7.26. The predicted molar refractivity (Wildman–Crippen MR) is 143 cm³/mol. The molecule has 38 heavy (non-hydrogen) atoms. The highest BCUT2D eigenvalue weighted by Gasteiger charge is 2.25. The first kappa shape index (κ1) is 26.7. The number of amides is 1. The van der Waals surface area contributed by atoms with Crippen LogP contribution in [-0.2, 0) is 10.0 Å². The van der Waals surface area contributed by atoms with Gasteiger partial charge in [-0.25, -0.2) is 24.1 Å². The van der Waals surface area contributed by atoms with Crippen molar-refractivity contribution >= 4 is 15.9 Å². The lowest BCUT2D eigenvalue weighted by Crippen LogP contribution is -2.31. The van der Waals surface area contributed by atoms with Crippen molar-refractivity contribution in [1.82, 2.24) is 19.7 Å². The van der Waals surface area contributed by atoms with Crippen LogP contribution in [0.2, 0.25) is 0 Å². The Morgan fingerprint density at radius 1 is 0.974 bits per heavy atom. The second kappa shape index (κ2) is 10.5. The van der Waals surface area contributed by atoms with Gasteiger partial charge in [0.05, 0.1) is 12.8 Å². The number of halogens is 1. The van der Waals surface area contributed by atoms with Crippen molar-refractivity contribution in [1.29, 1.82) is 0 Å². The minimum atomic E-state index is -4.28. The number of sulfonamides is 1. The SMILES string of the molecule is COc1ncc(-c2ccc(C(=O)NS(=O)(=O)c3cccc(C)n3)c(Oc3c(C)cc(C)cc3C)n2)cc1F.[HH].[HH]. The van der Waals surface area contributed by atoms with Crippen LogP contribution in [0, 0.1) is 33.5 Å². The van der Waals surface area contributed by atoms with E-state index in [1.807, 2.05) is 37.6 Å². The Morgan fingerprint density at radius 3 is 2.32 bits per heavy atom. The number of nitrogens with one attached hydrogen (secondary N) is 1. The number of pyridine rings is 3. The van der Waals surface area contributed by atoms with Gasteiger partial charge in [0.15, 0.2) is 10.8 Å². The summed E-state index contributed by atoms with van der Waals surface area (Å²) in [5.41, 5.74) is 3.46. The molecule has 0 unspecified atom stereocenters. The molecule has 4 rings (SSSR count). The fraction of sp³-hybridized carbons (Fsp3) is 0.185. The van der Waals surface area contributed by atoms with Gasteiger partial charge in [-0.15, -0.1) is 0 Å². The van der Waals surface area contributed by atoms with Gasteiger partial charge in [0, 0.05) is 20.3 Å². The molecule has 9 nitrogen and oxygen atoms in total. The second-order valence-corrected chi connectivity index (χ2v) is 10.3. The van der Waals surface area contributed by atoms with Crippen molar-refractivity contribution < 1.29 is 29.9 Å². The highest BCUT2D eigenvalue weighted by Crippen LogP contribution is 2.33. The van der Waals surface area contributed by atoms with Gasteiger partial charge in [-0.2, -0.15) is 8.42 Å². The normalized spacial score (nSPS) is 11.2. The average molecular weight is 541 g/mol. The van der Waals surface area contributed by atoms with Crippen molar-refractivity contribution in [2.75, 3.05) is 7.11 Å². The Morgan fingerprint density at radius 2 is 1.68 bits per heavy atom. The van der Waals surface area contributed by atoms with Gasteiger partial charge in [-0.1, -0.05) is 23.8 Å². The average Bonchev–Trinajstić information content (AvgIpc) is 2.85. The molecule has 3 heterocycles. The van der Waals surface area contributed by atoms with Crippen LogP contribution in [-0.4, -0.2) is 36.4 Å². The first-order valence-electron chi connectivity index (χ1n) is 11.5. The molecule has 0 saturated heterocycles. The van der Waals surface area contributed by atoms with E-state index in [2.05, 4.69) is 15.0 Å². The van der Waals surface area contributed by atoms with Gasteiger partial charge in [-0.3, -0.25) is 4.79 Å². The second-order valence-electron chi connectivity index (χ2n) is 8.65. The minimum Gasteiger partial charge on any atom is -0.479 e. The molecule has 3 aromatic heterocycles. The van der Waals surface area contributed by atoms with Gasteiger partial charge in [0.25, 0.3) is 15.9 Å². The third-order valence-corrected chi connectivity index (χ3v) is 6.80. The molecule has 11 heteroatoms. The number of methoxy groups -OCH3 is 1. The zero-order valence-electron chi connectivity index (χ0n) is 21.4. The molecule has 0 spiro atoms. The molecule has 0 atom stereocenters. The number of hydrogen-bond donors (Lipinski definition) is 1. The van der Waals surface area contributed by atoms with Crippen LogP contribution in [0.3, 0.4) is 0 Å². The molecule has 1 amide bonds. The lowest BCUT2D eigenvalue weighted by atomic mass is 10.1. The summed E-state index contributed by atoms with van der Waals surface area (Å²) in [4.78, 5) is 25.6. The topological polar surface area (TPSA) is 120 Å². The summed E-state index contributed by atoms with van der Waals surface area (Å²) in [6.07, 6.45) is 1.37. The Kier molecular flexibility index (Phi) is 7.40. The van der Waals surface area contributed by atoms with Crippen LogP contribution >= 0.6 is 0 Å². The number of carbonyl (C=O) groups excluding carboxylic acids is 1. The lowest BCUT2D eigenvalue weighted by Gasteiger charge is -2.16. The predicted octanol–water partition coefficient (Wildman–Crippen LogP) is 5.32. The number of aryl methyl sites for hydroxylation is 4. The van der Waals surface area contributed by atoms with E-state index in [9.17, 15) is 17.6 Å². The van der Waals surface area contributed by atoms with Crippen LogP contribution in [0.25, 0.3) is 11.3 Å². The molecule has 0 aliphatic heterocycles. The first-order chi connectivity index (χ1) is 18.0. The van der Waals surface area contributed by atoms with Crippen LogP contribution in [0.4, 0.5) is 4.39 Å². The Hall–Kier alpha value is -4.38. The number of ether oxygens (including phenoxy) is 2. The van der Waals surface area contributed by atoms with Crippen molar-refractivity contribution in [3.8, 4) is 28.8 Å². The Bertz CT molecular complexity index is 1650. The van der Waals surface area contributed by atoms with Crippen molar-refractivity contribution in [3.63, 3.8) is 0 Å². The minimum absolute atomic E-state index is 0. The summed E-state index contributed by atoms with van der Waals surface area (Å²) in [5, 5.41) is -0.303. The van der Waals surface area contributed by atoms with Crippen LogP contribution in [0.15, 0.2) is 59.8 Å². The maximum absolute atomic E-state index is 14.3. The Labute approximate surface area is 222 Å². The number of carbonyl (C=O) groups is 1. The molecule has 0 aliphatic carbocycles. The summed E-state index contributed by atoms with van der Waals surface area (Å²) in [5.74, 6) is -1.56. The van der Waals surface area contributed by atoms with E-state index in [4.69, 9.17) is 9.47 Å². The monoisotopic (exact) mass is 540 g/mol. The largest absolute Gasteiger partial charge is 0.479 e. The third kappa shape index (κ3) is 5.62. The van der Waals surface area contributed by atoms with Gasteiger partial charge >= 0.3 is 0 Å². The van der Waals surface area contributed by atoms with E-state index in [1.165, 1.54) is 43.6 Å². The molecule has 0 bridgehead atoms. The van der Waals surface area contributed by atoms with E-state index >= 15 is 0 Å². The summed E-state index contributed by atoms with van der Waals surface area (Å²) >= 11 is 0. The van der Waals surface area contributed by atoms with E-state index in [0.29, 0.717) is 17.0 Å². The summed E-state index contributed by atoms with van der Waals surface area (Å²) in [7, 11) is -2.98. The maximum Gasteiger partial charge on any atom is 0.281 e. The van der Waals surface area contributed by atoms with E-state index in [0.717, 1.165) is 16.7 Å². The first-order valence-corrected chi connectivity index (χ1v) is 12.9. The molecule has 200 valence electrons. The fourth-order valence-electron chi connectivity index (χ4n) is 3.89. The number of hydrogen-bond acceptors (Lipinski definition) is 8. The summed E-state index contributed by atoms with van der Waals surface area (Å²) < 4.78 is 53.0. The zero-order valence-corrected chi connectivity index (χ0v) is 22.2. The van der Waals surface area contributed by atoms with Gasteiger partial charge in [-0.05, 0) is 69.2 Å².